The van der Waals surface area contributed by atoms with Crippen molar-refractivity contribution in [3.8, 4) is 0 Å². The van der Waals surface area contributed by atoms with E-state index in [4.69, 9.17) is 0 Å². The molecular weight excluding hydrogens is 634 g/mol. The largest absolute Gasteiger partial charge is 0.510 e. The van der Waals surface area contributed by atoms with Gasteiger partial charge in [-0.25, -0.2) is 17.2 Å². The fourth-order valence-corrected chi connectivity index (χ4v) is 9.63. The summed E-state index contributed by atoms with van der Waals surface area (Å²) < 4.78 is 138. The van der Waals surface area contributed by atoms with Gasteiger partial charge in [0.15, 0.2) is 15.5 Å². The van der Waals surface area contributed by atoms with E-state index in [2.05, 4.69) is 6.58 Å². The van der Waals surface area contributed by atoms with Gasteiger partial charge >= 0.3 is 18.0 Å². The van der Waals surface area contributed by atoms with Gasteiger partial charge in [-0.2, -0.15) is 26.3 Å². The number of nitrogens with zero attached hydrogens (tertiary/aromatic N) is 1. The number of hydrogen-bond donors (Lipinski definition) is 1. The molecule has 2 aromatic carbocycles. The third kappa shape index (κ3) is 4.93. The third-order valence-electron chi connectivity index (χ3n) is 9.80. The smallest absolute Gasteiger partial charge is 0.435 e. The quantitative estimate of drug-likeness (QED) is 0.266. The number of allylic oxidation sites excluding steroid dienone is 1. The number of aliphatic hydroxyl groups is 1. The highest BCUT2D eigenvalue weighted by Crippen LogP contribution is 2.57. The second-order valence-electron chi connectivity index (χ2n) is 12.3. The van der Waals surface area contributed by atoms with Crippen molar-refractivity contribution in [2.75, 3.05) is 6.54 Å². The van der Waals surface area contributed by atoms with Crippen LogP contribution in [0.1, 0.15) is 60.8 Å². The van der Waals surface area contributed by atoms with Crippen molar-refractivity contribution in [3.63, 3.8) is 0 Å². The average Bonchev–Trinajstić information content (AvgIpc) is 3.37. The summed E-state index contributed by atoms with van der Waals surface area (Å²) in [7, 11) is -4.46. The van der Waals surface area contributed by atoms with Gasteiger partial charge in [-0.15, -0.1) is 0 Å². The summed E-state index contributed by atoms with van der Waals surface area (Å²) >= 11 is 0. The second-order valence-corrected chi connectivity index (χ2v) is 14.5. The number of likely N-dealkylation sites (tertiary alicyclic amines) is 1. The first-order chi connectivity index (χ1) is 20.7. The topological polar surface area (TPSA) is 74.7 Å². The highest BCUT2D eigenvalue weighted by Gasteiger charge is 2.74. The fourth-order valence-electron chi connectivity index (χ4n) is 7.27. The van der Waals surface area contributed by atoms with Crippen molar-refractivity contribution >= 4 is 15.7 Å². The van der Waals surface area contributed by atoms with Gasteiger partial charge in [-0.1, -0.05) is 42.5 Å². The lowest BCUT2D eigenvalue weighted by molar-refractivity contribution is -0.348. The van der Waals surface area contributed by atoms with Crippen LogP contribution in [0.3, 0.4) is 0 Å². The highest BCUT2D eigenvalue weighted by atomic mass is 32.2. The molecule has 2 aliphatic carbocycles. The Morgan fingerprint density at radius 1 is 0.933 bits per heavy atom. The van der Waals surface area contributed by atoms with E-state index in [1.54, 1.807) is 6.92 Å². The predicted molar refractivity (Wildman–Crippen MR) is 147 cm³/mol. The number of aliphatic hydroxyl groups excluding tert-OH is 1. The van der Waals surface area contributed by atoms with Crippen molar-refractivity contribution in [1.82, 2.24) is 4.90 Å². The molecule has 2 unspecified atom stereocenters. The zero-order chi connectivity index (χ0) is 33.4. The number of amides is 1. The van der Waals surface area contributed by atoms with Gasteiger partial charge < -0.3 is 10.0 Å². The lowest BCUT2D eigenvalue weighted by atomic mass is 9.76. The molecular formula is C31H31F8NO4S. The molecule has 2 fully saturated rings. The van der Waals surface area contributed by atoms with E-state index in [0.717, 1.165) is 11.6 Å². The monoisotopic (exact) mass is 665 g/mol. The third-order valence-corrected chi connectivity index (χ3v) is 12.4. The first kappa shape index (κ1) is 33.2. The maximum atomic E-state index is 15.0. The van der Waals surface area contributed by atoms with E-state index >= 15 is 4.39 Å². The molecule has 1 saturated heterocycles. The van der Waals surface area contributed by atoms with E-state index in [9.17, 15) is 49.1 Å². The standard InChI is InChI=1S/C31H31F8NO4S/c1-18-3-7-23(8-4-18)45(43,44)28-15-16-40(26(42)20-11-13-27(32,14-12-20)19(2)41)25(28)10-5-21-17-22(6-9-24(21)28)29(33,30(34,35)36)31(37,38)39/h3-4,6-9,17,20,25,41H,2,5,10-16H2,1H3. The van der Waals surface area contributed by atoms with Gasteiger partial charge in [-0.3, -0.25) is 4.79 Å². The molecule has 45 heavy (non-hydrogen) atoms. The molecule has 1 N–H and O–H groups in total. The molecule has 0 bridgehead atoms. The van der Waals surface area contributed by atoms with Gasteiger partial charge in [-0.05, 0) is 75.1 Å². The molecule has 0 radical (unpaired) electrons. The summed E-state index contributed by atoms with van der Waals surface area (Å²) in [5.41, 5.74) is -9.01. The normalized spacial score (nSPS) is 27.5. The number of hydrogen-bond acceptors (Lipinski definition) is 4. The maximum Gasteiger partial charge on any atom is 0.435 e. The number of halogens is 8. The van der Waals surface area contributed by atoms with Crippen molar-refractivity contribution < 1.29 is 53.4 Å². The van der Waals surface area contributed by atoms with Crippen molar-refractivity contribution in [2.45, 2.75) is 91.2 Å². The minimum absolute atomic E-state index is 0.0449. The van der Waals surface area contributed by atoms with Gasteiger partial charge in [0.25, 0.3) is 0 Å². The first-order valence-corrected chi connectivity index (χ1v) is 15.8. The Morgan fingerprint density at radius 2 is 1.51 bits per heavy atom. The summed E-state index contributed by atoms with van der Waals surface area (Å²) in [4.78, 5) is 15.0. The van der Waals surface area contributed by atoms with Crippen LogP contribution >= 0.6 is 0 Å². The van der Waals surface area contributed by atoms with Gasteiger partial charge in [0, 0.05) is 18.0 Å². The molecule has 2 aromatic rings. The summed E-state index contributed by atoms with van der Waals surface area (Å²) in [6, 6.07) is 6.27. The van der Waals surface area contributed by atoms with Crippen LogP contribution in [0.15, 0.2) is 59.7 Å². The minimum atomic E-state index is -6.35. The molecule has 0 aromatic heterocycles. The predicted octanol–water partition coefficient (Wildman–Crippen LogP) is 7.47. The molecule has 2 atom stereocenters. The van der Waals surface area contributed by atoms with E-state index in [-0.39, 0.29) is 67.5 Å². The molecule has 5 rings (SSSR count). The molecule has 3 aliphatic rings. The van der Waals surface area contributed by atoms with Crippen LogP contribution in [0.2, 0.25) is 0 Å². The number of sulfone groups is 1. The van der Waals surface area contributed by atoms with Crippen molar-refractivity contribution in [3.05, 3.63) is 77.1 Å². The highest BCUT2D eigenvalue weighted by molar-refractivity contribution is 7.92. The van der Waals surface area contributed by atoms with E-state index in [1.165, 1.54) is 29.2 Å². The Hall–Kier alpha value is -3.16. The lowest BCUT2D eigenvalue weighted by Gasteiger charge is -2.44. The average molecular weight is 666 g/mol. The number of carbonyl (C=O) groups is 1. The molecule has 0 spiro atoms. The van der Waals surface area contributed by atoms with Crippen molar-refractivity contribution in [1.29, 1.82) is 0 Å². The lowest BCUT2D eigenvalue weighted by Crippen LogP contribution is -2.54. The molecule has 246 valence electrons. The Bertz CT molecular complexity index is 1600. The first-order valence-electron chi connectivity index (χ1n) is 14.4. The van der Waals surface area contributed by atoms with Crippen LogP contribution in [-0.2, 0) is 31.5 Å². The van der Waals surface area contributed by atoms with Gasteiger partial charge in [0.05, 0.1) is 10.9 Å². The van der Waals surface area contributed by atoms with Crippen LogP contribution in [0.25, 0.3) is 0 Å². The van der Waals surface area contributed by atoms with Gasteiger partial charge in [0.1, 0.15) is 10.5 Å². The Morgan fingerprint density at radius 3 is 2.04 bits per heavy atom. The van der Waals surface area contributed by atoms with Crippen LogP contribution in [-0.4, -0.2) is 54.9 Å². The van der Waals surface area contributed by atoms with Crippen LogP contribution in [0, 0.1) is 12.8 Å². The zero-order valence-electron chi connectivity index (χ0n) is 24.1. The SMILES string of the molecule is C=C(O)C1(F)CCC(C(=O)N2CCC3(S(=O)(=O)c4ccc(C)cc4)c4ccc(C(F)(C(F)(F)F)C(F)(F)F)cc4CCC23)CC1. The summed E-state index contributed by atoms with van der Waals surface area (Å²) in [5.74, 6) is -1.81. The van der Waals surface area contributed by atoms with Crippen LogP contribution < -0.4 is 0 Å². The summed E-state index contributed by atoms with van der Waals surface area (Å²) in [6.45, 7) is 4.88. The van der Waals surface area contributed by atoms with E-state index < -0.39 is 67.5 Å². The maximum absolute atomic E-state index is 15.0. The Balaban J connectivity index is 1.62. The van der Waals surface area contributed by atoms with Gasteiger partial charge in [0.2, 0.25) is 5.91 Å². The Kier molecular flexibility index (Phi) is 7.90. The molecule has 1 heterocycles. The number of fused-ring (bicyclic) bond motifs is 3. The number of alkyl halides is 8. The molecule has 1 amide bonds. The zero-order valence-corrected chi connectivity index (χ0v) is 24.9. The van der Waals surface area contributed by atoms with Crippen LogP contribution in [0.4, 0.5) is 35.1 Å². The number of aryl methyl sites for hydroxylation is 2. The Labute approximate surface area is 254 Å². The molecule has 1 saturated carbocycles. The second kappa shape index (κ2) is 10.7. The number of rotatable bonds is 5. The molecule has 14 heteroatoms. The molecule has 5 nitrogen and oxygen atoms in total. The summed E-state index contributed by atoms with van der Waals surface area (Å²) in [6.07, 6.45) is -13.6. The minimum Gasteiger partial charge on any atom is -0.510 e. The van der Waals surface area contributed by atoms with Crippen LogP contribution in [0.5, 0.6) is 0 Å². The number of benzene rings is 2. The van der Waals surface area contributed by atoms with E-state index in [1.807, 2.05) is 0 Å². The number of carbonyl (C=O) groups excluding carboxylic acids is 1. The van der Waals surface area contributed by atoms with E-state index in [0.29, 0.717) is 12.1 Å². The molecule has 1 aliphatic heterocycles. The summed E-state index contributed by atoms with van der Waals surface area (Å²) in [5, 5.41) is 9.65. The fraction of sp³-hybridized carbons (Fsp3) is 0.516. The van der Waals surface area contributed by atoms with Crippen molar-refractivity contribution in [2.24, 2.45) is 5.92 Å².